The van der Waals surface area contributed by atoms with Gasteiger partial charge in [-0.05, 0) is 42.0 Å². The van der Waals surface area contributed by atoms with Crippen molar-refractivity contribution in [1.29, 1.82) is 5.26 Å². The molecule has 0 aliphatic heterocycles. The number of nitriles is 1. The van der Waals surface area contributed by atoms with Gasteiger partial charge in [0.2, 0.25) is 5.89 Å². The Labute approximate surface area is 146 Å². The third kappa shape index (κ3) is 2.99. The zero-order valence-corrected chi connectivity index (χ0v) is 13.7. The van der Waals surface area contributed by atoms with Gasteiger partial charge in [-0.25, -0.2) is 4.39 Å². The highest BCUT2D eigenvalue weighted by Gasteiger charge is 2.13. The molecule has 0 fully saturated rings. The summed E-state index contributed by atoms with van der Waals surface area (Å²) in [6.45, 7) is 0. The highest BCUT2D eigenvalue weighted by atomic mass is 32.2. The SMILES string of the molecule is N#Cc1c(CSc2nnc(-c3ccc(F)cc3)o2)cn2ccccc12. The maximum absolute atomic E-state index is 13.0. The van der Waals surface area contributed by atoms with Crippen LogP contribution in [0.4, 0.5) is 4.39 Å². The van der Waals surface area contributed by atoms with Gasteiger partial charge >= 0.3 is 0 Å². The Balaban J connectivity index is 1.54. The molecule has 0 unspecified atom stereocenters. The first-order valence-electron chi connectivity index (χ1n) is 7.45. The zero-order valence-electron chi connectivity index (χ0n) is 12.9. The van der Waals surface area contributed by atoms with Crippen molar-refractivity contribution in [1.82, 2.24) is 14.6 Å². The van der Waals surface area contributed by atoms with Gasteiger partial charge in [-0.3, -0.25) is 0 Å². The van der Waals surface area contributed by atoms with Crippen molar-refractivity contribution in [2.75, 3.05) is 0 Å². The summed E-state index contributed by atoms with van der Waals surface area (Å²) in [6.07, 6.45) is 3.84. The van der Waals surface area contributed by atoms with E-state index in [1.165, 1.54) is 23.9 Å². The quantitative estimate of drug-likeness (QED) is 0.514. The monoisotopic (exact) mass is 350 g/mol. The third-order valence-electron chi connectivity index (χ3n) is 3.72. The molecule has 122 valence electrons. The molecule has 0 saturated heterocycles. The summed E-state index contributed by atoms with van der Waals surface area (Å²) in [6, 6.07) is 13.9. The zero-order chi connectivity index (χ0) is 17.2. The molecule has 3 aromatic heterocycles. The normalized spacial score (nSPS) is 10.9. The summed E-state index contributed by atoms with van der Waals surface area (Å²) in [7, 11) is 0. The van der Waals surface area contributed by atoms with Crippen LogP contribution >= 0.6 is 11.8 Å². The van der Waals surface area contributed by atoms with Crippen molar-refractivity contribution < 1.29 is 8.81 Å². The molecule has 1 aromatic carbocycles. The largest absolute Gasteiger partial charge is 0.411 e. The van der Waals surface area contributed by atoms with Crippen LogP contribution in [0.25, 0.3) is 17.0 Å². The smallest absolute Gasteiger partial charge is 0.277 e. The van der Waals surface area contributed by atoms with E-state index in [0.717, 1.165) is 11.1 Å². The van der Waals surface area contributed by atoms with Gasteiger partial charge < -0.3 is 8.82 Å². The lowest BCUT2D eigenvalue weighted by molar-refractivity contribution is 0.465. The van der Waals surface area contributed by atoms with E-state index < -0.39 is 0 Å². The fourth-order valence-corrected chi connectivity index (χ4v) is 3.27. The van der Waals surface area contributed by atoms with Crippen molar-refractivity contribution in [3.05, 3.63) is 71.8 Å². The third-order valence-corrected chi connectivity index (χ3v) is 4.59. The summed E-state index contributed by atoms with van der Waals surface area (Å²) in [5, 5.41) is 17.8. The number of pyridine rings is 1. The topological polar surface area (TPSA) is 67.1 Å². The van der Waals surface area contributed by atoms with Crippen molar-refractivity contribution in [3.63, 3.8) is 0 Å². The molecule has 0 N–H and O–H groups in total. The number of aromatic nitrogens is 3. The number of fused-ring (bicyclic) bond motifs is 1. The van der Waals surface area contributed by atoms with E-state index in [1.807, 2.05) is 35.0 Å². The number of rotatable bonds is 4. The predicted octanol–water partition coefficient (Wildman–Crippen LogP) is 4.29. The van der Waals surface area contributed by atoms with Crippen molar-refractivity contribution >= 4 is 17.3 Å². The first-order valence-corrected chi connectivity index (χ1v) is 8.44. The van der Waals surface area contributed by atoms with Crippen LogP contribution in [0, 0.1) is 17.1 Å². The van der Waals surface area contributed by atoms with E-state index in [0.29, 0.717) is 28.0 Å². The second-order valence-electron chi connectivity index (χ2n) is 5.30. The molecule has 0 radical (unpaired) electrons. The van der Waals surface area contributed by atoms with Gasteiger partial charge in [-0.1, -0.05) is 17.8 Å². The van der Waals surface area contributed by atoms with Crippen molar-refractivity contribution in [3.8, 4) is 17.5 Å². The van der Waals surface area contributed by atoms with Crippen LogP contribution < -0.4 is 0 Å². The number of thioether (sulfide) groups is 1. The molecule has 3 heterocycles. The maximum Gasteiger partial charge on any atom is 0.277 e. The summed E-state index contributed by atoms with van der Waals surface area (Å²) in [4.78, 5) is 0. The Kier molecular flexibility index (Phi) is 3.96. The van der Waals surface area contributed by atoms with Gasteiger partial charge in [-0.15, -0.1) is 10.2 Å². The van der Waals surface area contributed by atoms with Crippen LogP contribution in [0.15, 0.2) is 64.5 Å². The molecular weight excluding hydrogens is 339 g/mol. The predicted molar refractivity (Wildman–Crippen MR) is 91.4 cm³/mol. The van der Waals surface area contributed by atoms with Gasteiger partial charge in [0.15, 0.2) is 0 Å². The number of halogens is 1. The van der Waals surface area contributed by atoms with Crippen LogP contribution in [-0.2, 0) is 5.75 Å². The van der Waals surface area contributed by atoms with Gasteiger partial charge in [0.05, 0.1) is 11.1 Å². The fourth-order valence-electron chi connectivity index (χ4n) is 2.53. The molecule has 25 heavy (non-hydrogen) atoms. The lowest BCUT2D eigenvalue weighted by Gasteiger charge is -1.95. The number of hydrogen-bond donors (Lipinski definition) is 0. The molecule has 0 aliphatic rings. The molecule has 4 rings (SSSR count). The minimum absolute atomic E-state index is 0.317. The van der Waals surface area contributed by atoms with E-state index in [1.54, 1.807) is 12.1 Å². The fraction of sp³-hybridized carbons (Fsp3) is 0.0556. The minimum atomic E-state index is -0.317. The average molecular weight is 350 g/mol. The van der Waals surface area contributed by atoms with Gasteiger partial charge in [0, 0.05) is 23.7 Å². The van der Waals surface area contributed by atoms with E-state index in [-0.39, 0.29) is 5.82 Å². The summed E-state index contributed by atoms with van der Waals surface area (Å²) < 4.78 is 20.5. The van der Waals surface area contributed by atoms with E-state index >= 15 is 0 Å². The van der Waals surface area contributed by atoms with Crippen molar-refractivity contribution in [2.45, 2.75) is 11.0 Å². The Morgan fingerprint density at radius 3 is 2.80 bits per heavy atom. The van der Waals surface area contributed by atoms with Crippen molar-refractivity contribution in [2.24, 2.45) is 0 Å². The molecule has 0 bridgehead atoms. The van der Waals surface area contributed by atoms with Crippen LogP contribution in [-0.4, -0.2) is 14.6 Å². The van der Waals surface area contributed by atoms with Crippen LogP contribution in [0.5, 0.6) is 0 Å². The maximum atomic E-state index is 13.0. The van der Waals surface area contributed by atoms with Gasteiger partial charge in [0.1, 0.15) is 11.9 Å². The van der Waals surface area contributed by atoms with E-state index in [4.69, 9.17) is 4.42 Å². The molecule has 0 amide bonds. The number of nitrogens with zero attached hydrogens (tertiary/aromatic N) is 4. The van der Waals surface area contributed by atoms with Crippen LogP contribution in [0.2, 0.25) is 0 Å². The average Bonchev–Trinajstić information content (AvgIpc) is 3.24. The number of benzene rings is 1. The second kappa shape index (κ2) is 6.42. The highest BCUT2D eigenvalue weighted by molar-refractivity contribution is 7.98. The standard InChI is InChI=1S/C18H11FN4OS/c19-14-6-4-12(5-7-14)17-21-22-18(24-17)25-11-13-10-23-8-2-1-3-16(23)15(13)9-20/h1-8,10H,11H2. The summed E-state index contributed by atoms with van der Waals surface area (Å²) in [5.74, 6) is 0.558. The Morgan fingerprint density at radius 2 is 2.00 bits per heavy atom. The molecule has 0 spiro atoms. The van der Waals surface area contributed by atoms with Gasteiger partial charge in [-0.2, -0.15) is 5.26 Å². The molecule has 4 aromatic rings. The molecular formula is C18H11FN4OS. The Morgan fingerprint density at radius 1 is 1.16 bits per heavy atom. The van der Waals surface area contributed by atoms with E-state index in [9.17, 15) is 9.65 Å². The Hall–Kier alpha value is -3.11. The minimum Gasteiger partial charge on any atom is -0.411 e. The first-order chi connectivity index (χ1) is 12.2. The second-order valence-corrected chi connectivity index (χ2v) is 6.23. The molecule has 5 nitrogen and oxygen atoms in total. The van der Waals surface area contributed by atoms with Crippen LogP contribution in [0.1, 0.15) is 11.1 Å². The lowest BCUT2D eigenvalue weighted by atomic mass is 10.2. The van der Waals surface area contributed by atoms with Gasteiger partial charge in [0.25, 0.3) is 5.22 Å². The lowest BCUT2D eigenvalue weighted by Crippen LogP contribution is -1.82. The molecule has 0 saturated carbocycles. The molecule has 0 atom stereocenters. The summed E-state index contributed by atoms with van der Waals surface area (Å²) in [5.41, 5.74) is 3.08. The highest BCUT2D eigenvalue weighted by Crippen LogP contribution is 2.28. The molecule has 7 heteroatoms. The summed E-state index contributed by atoms with van der Waals surface area (Å²) >= 11 is 1.36. The van der Waals surface area contributed by atoms with E-state index in [2.05, 4.69) is 16.3 Å². The number of hydrogen-bond acceptors (Lipinski definition) is 5. The molecule has 0 aliphatic carbocycles. The van der Waals surface area contributed by atoms with Crippen LogP contribution in [0.3, 0.4) is 0 Å². The first kappa shape index (κ1) is 15.4. The Bertz CT molecular complexity index is 1080.